The van der Waals surface area contributed by atoms with Crippen molar-refractivity contribution in [3.63, 3.8) is 0 Å². The van der Waals surface area contributed by atoms with Crippen LogP contribution < -0.4 is 26.4 Å². The first kappa shape index (κ1) is 17.5. The molecule has 0 N–H and O–H groups in total. The summed E-state index contributed by atoms with van der Waals surface area (Å²) in [5, 5.41) is 4.20. The summed E-state index contributed by atoms with van der Waals surface area (Å²) < 4.78 is 2.09. The largest absolute Gasteiger partial charge is 1.00 e. The molecule has 1 aromatic heterocycles. The molecule has 23 heavy (non-hydrogen) atoms. The van der Waals surface area contributed by atoms with Crippen LogP contribution in [0, 0.1) is 0 Å². The highest BCUT2D eigenvalue weighted by atomic mass is 79.9. The highest BCUT2D eigenvalue weighted by Gasteiger charge is 2.14. The highest BCUT2D eigenvalue weighted by Crippen LogP contribution is 2.20. The number of halogens is 1. The van der Waals surface area contributed by atoms with Crippen molar-refractivity contribution in [3.8, 4) is 0 Å². The third-order valence-electron chi connectivity index (χ3n) is 3.98. The van der Waals surface area contributed by atoms with Gasteiger partial charge in [0, 0.05) is 36.5 Å². The summed E-state index contributed by atoms with van der Waals surface area (Å²) in [5.74, 6) is 0. The molecule has 0 radical (unpaired) electrons. The Balaban J connectivity index is 0.00000192. The van der Waals surface area contributed by atoms with Gasteiger partial charge in [-0.2, -0.15) is 4.57 Å². The van der Waals surface area contributed by atoms with E-state index in [-0.39, 0.29) is 17.0 Å². The quantitative estimate of drug-likeness (QED) is 0.405. The number of hydrogen-bond acceptors (Lipinski definition) is 3. The standard InChI is InChI=1S/C18H22N3O.BrH/c1-22-19-18(15-20-11-3-2-4-12-20)16-7-9-17(10-8-16)21-13-5-6-14-21;/h2-4,7-12H,5-6,13-15H2,1H3;1H/q+1;/p-1/b19-18-;. The smallest absolute Gasteiger partial charge is 0.194 e. The molecular weight excluding hydrogens is 354 g/mol. The van der Waals surface area contributed by atoms with Gasteiger partial charge in [0.1, 0.15) is 7.11 Å². The molecule has 2 heterocycles. The van der Waals surface area contributed by atoms with E-state index in [1.165, 1.54) is 18.5 Å². The molecule has 5 heteroatoms. The zero-order chi connectivity index (χ0) is 15.2. The third kappa shape index (κ3) is 4.55. The lowest BCUT2D eigenvalue weighted by atomic mass is 10.1. The Bertz CT molecular complexity index is 622. The summed E-state index contributed by atoms with van der Waals surface area (Å²) in [4.78, 5) is 7.46. The molecule has 0 aliphatic carbocycles. The summed E-state index contributed by atoms with van der Waals surface area (Å²) in [5.41, 5.74) is 3.32. The summed E-state index contributed by atoms with van der Waals surface area (Å²) in [7, 11) is 1.59. The molecule has 4 nitrogen and oxygen atoms in total. The molecule has 0 saturated carbocycles. The van der Waals surface area contributed by atoms with Crippen molar-refractivity contribution in [2.45, 2.75) is 19.4 Å². The molecule has 2 aromatic rings. The number of benzene rings is 1. The number of pyridine rings is 1. The van der Waals surface area contributed by atoms with Crippen LogP contribution in [0.2, 0.25) is 0 Å². The van der Waals surface area contributed by atoms with E-state index in [4.69, 9.17) is 4.84 Å². The zero-order valence-corrected chi connectivity index (χ0v) is 14.9. The van der Waals surface area contributed by atoms with Crippen LogP contribution in [0.3, 0.4) is 0 Å². The Morgan fingerprint density at radius 3 is 2.35 bits per heavy atom. The number of aromatic nitrogens is 1. The first-order valence-corrected chi connectivity index (χ1v) is 7.76. The predicted molar refractivity (Wildman–Crippen MR) is 88.1 cm³/mol. The summed E-state index contributed by atoms with van der Waals surface area (Å²) in [6.45, 7) is 3.02. The van der Waals surface area contributed by atoms with E-state index in [0.717, 1.165) is 24.4 Å². The normalized spacial score (nSPS) is 14.5. The van der Waals surface area contributed by atoms with Gasteiger partial charge in [0.25, 0.3) is 0 Å². The van der Waals surface area contributed by atoms with Gasteiger partial charge >= 0.3 is 0 Å². The van der Waals surface area contributed by atoms with Crippen LogP contribution in [0.25, 0.3) is 0 Å². The van der Waals surface area contributed by atoms with Crippen LogP contribution >= 0.6 is 0 Å². The zero-order valence-electron chi connectivity index (χ0n) is 13.4. The second-order valence-electron chi connectivity index (χ2n) is 5.51. The summed E-state index contributed by atoms with van der Waals surface area (Å²) in [6.07, 6.45) is 6.65. The molecule has 122 valence electrons. The van der Waals surface area contributed by atoms with Gasteiger partial charge < -0.3 is 26.7 Å². The minimum Gasteiger partial charge on any atom is -1.00 e. The van der Waals surface area contributed by atoms with Crippen molar-refractivity contribution >= 4 is 11.4 Å². The Hall–Kier alpha value is -1.88. The molecule has 0 atom stereocenters. The monoisotopic (exact) mass is 375 g/mol. The fourth-order valence-corrected chi connectivity index (χ4v) is 2.84. The number of nitrogens with zero attached hydrogens (tertiary/aromatic N) is 3. The van der Waals surface area contributed by atoms with Crippen molar-refractivity contribution in [1.82, 2.24) is 0 Å². The summed E-state index contributed by atoms with van der Waals surface area (Å²) >= 11 is 0. The SMILES string of the molecule is CO/N=C(/C[n+]1ccccc1)c1ccc(N2CCCC2)cc1.[Br-]. The molecule has 0 amide bonds. The lowest BCUT2D eigenvalue weighted by molar-refractivity contribution is -0.681. The third-order valence-corrected chi connectivity index (χ3v) is 3.98. The van der Waals surface area contributed by atoms with Crippen molar-refractivity contribution in [3.05, 3.63) is 60.4 Å². The first-order valence-electron chi connectivity index (χ1n) is 7.76. The Morgan fingerprint density at radius 1 is 1.09 bits per heavy atom. The van der Waals surface area contributed by atoms with Crippen LogP contribution in [0.15, 0.2) is 60.0 Å². The minimum absolute atomic E-state index is 0. The average Bonchev–Trinajstić information content (AvgIpc) is 3.10. The van der Waals surface area contributed by atoms with Crippen LogP contribution in [-0.2, 0) is 11.4 Å². The minimum atomic E-state index is 0. The lowest BCUT2D eigenvalue weighted by Gasteiger charge is -2.17. The molecular formula is C18H22BrN3O. The van der Waals surface area contributed by atoms with E-state index < -0.39 is 0 Å². The van der Waals surface area contributed by atoms with Gasteiger partial charge in [-0.1, -0.05) is 23.4 Å². The van der Waals surface area contributed by atoms with Crippen molar-refractivity contribution in [1.29, 1.82) is 0 Å². The number of oxime groups is 1. The lowest BCUT2D eigenvalue weighted by Crippen LogP contribution is -3.00. The van der Waals surface area contributed by atoms with Crippen molar-refractivity contribution in [2.75, 3.05) is 25.1 Å². The molecule has 1 saturated heterocycles. The molecule has 0 unspecified atom stereocenters. The molecule has 1 fully saturated rings. The van der Waals surface area contributed by atoms with Gasteiger partial charge in [0.05, 0.1) is 0 Å². The van der Waals surface area contributed by atoms with E-state index in [1.807, 2.05) is 30.6 Å². The van der Waals surface area contributed by atoms with Crippen LogP contribution in [-0.4, -0.2) is 25.9 Å². The van der Waals surface area contributed by atoms with Crippen molar-refractivity contribution in [2.24, 2.45) is 5.16 Å². The van der Waals surface area contributed by atoms with Crippen molar-refractivity contribution < 1.29 is 26.4 Å². The Labute approximate surface area is 148 Å². The van der Waals surface area contributed by atoms with Crippen LogP contribution in [0.1, 0.15) is 18.4 Å². The van der Waals surface area contributed by atoms with Gasteiger partial charge in [-0.15, -0.1) is 0 Å². The van der Waals surface area contributed by atoms with E-state index in [2.05, 4.69) is 38.9 Å². The molecule has 1 aliphatic heterocycles. The molecule has 0 spiro atoms. The Kier molecular flexibility index (Phi) is 6.59. The molecule has 1 aromatic carbocycles. The molecule has 1 aliphatic rings. The number of anilines is 1. The number of hydrogen-bond donors (Lipinski definition) is 0. The van der Waals surface area contributed by atoms with Crippen LogP contribution in [0.5, 0.6) is 0 Å². The second-order valence-corrected chi connectivity index (χ2v) is 5.51. The maximum absolute atomic E-state index is 5.02. The maximum atomic E-state index is 5.02. The second kappa shape index (κ2) is 8.67. The van der Waals surface area contributed by atoms with Gasteiger partial charge in [-0.3, -0.25) is 0 Å². The van der Waals surface area contributed by atoms with E-state index >= 15 is 0 Å². The van der Waals surface area contributed by atoms with Crippen LogP contribution in [0.4, 0.5) is 5.69 Å². The summed E-state index contributed by atoms with van der Waals surface area (Å²) in [6, 6.07) is 14.7. The fraction of sp³-hybridized carbons (Fsp3) is 0.333. The molecule has 3 rings (SSSR count). The Morgan fingerprint density at radius 2 is 1.74 bits per heavy atom. The predicted octanol–water partition coefficient (Wildman–Crippen LogP) is -0.371. The first-order chi connectivity index (χ1) is 10.9. The molecule has 0 bridgehead atoms. The maximum Gasteiger partial charge on any atom is 0.194 e. The van der Waals surface area contributed by atoms with Gasteiger partial charge in [-0.05, 0) is 25.0 Å². The van der Waals surface area contributed by atoms with E-state index in [0.29, 0.717) is 6.54 Å². The highest BCUT2D eigenvalue weighted by molar-refractivity contribution is 5.99. The fourth-order valence-electron chi connectivity index (χ4n) is 2.84. The van der Waals surface area contributed by atoms with E-state index in [9.17, 15) is 0 Å². The van der Waals surface area contributed by atoms with Gasteiger partial charge in [-0.25, -0.2) is 0 Å². The van der Waals surface area contributed by atoms with Gasteiger partial charge in [0.15, 0.2) is 24.7 Å². The van der Waals surface area contributed by atoms with E-state index in [1.54, 1.807) is 7.11 Å². The average molecular weight is 376 g/mol. The van der Waals surface area contributed by atoms with Gasteiger partial charge in [0.2, 0.25) is 0 Å². The number of rotatable bonds is 5. The topological polar surface area (TPSA) is 28.7 Å².